The lowest BCUT2D eigenvalue weighted by Gasteiger charge is -2.39. The Hall–Kier alpha value is -6.31. The van der Waals surface area contributed by atoms with Crippen molar-refractivity contribution in [1.82, 2.24) is 45.8 Å². The van der Waals surface area contributed by atoms with Crippen LogP contribution >= 0.6 is 22.9 Å². The zero-order chi connectivity index (χ0) is 43.9. The standard InChI is InChI=1S/C43H45ClFN11O6S/c44-31-6-3-8-34(38(31)45)62-28-12-15-43(16-13-28,22-26-4-1-9-35(49-26)51-42-47-19-21-63-42)41(61)48-23-27-24-55(54-53-27)20-18-46-17-14-37(58)50-32-7-2-5-29-30(32)25-56(40(29)60)33-10-11-36(57)52-39(33)59/h1-9,19,21,24,28,33,46H,10-18,20,22-23,25H2,(H,48,61)(H,50,58)(H,47,49,51)(H,52,57,59)/t28-,33?,43-. The SMILES string of the molecule is O=C1CCC(N2Cc3c(NC(=O)CCNCCn4cc(CNC(=O)[C@]5(Cc6cccc(Nc7nccs7)n6)CC[C@@H](Oc6cccc(Cl)c6F)CC5)nn4)cccc3C2=O)C(=O)N1. The van der Waals surface area contributed by atoms with Crippen LogP contribution in [-0.4, -0.2) is 84.6 Å². The Bertz CT molecular complexity index is 2500. The summed E-state index contributed by atoms with van der Waals surface area (Å²) < 4.78 is 22.4. The molecule has 2 fully saturated rings. The van der Waals surface area contributed by atoms with Crippen molar-refractivity contribution in [3.05, 3.63) is 106 Å². The van der Waals surface area contributed by atoms with Crippen molar-refractivity contribution in [2.45, 2.75) is 83.1 Å². The average Bonchev–Trinajstić information content (AvgIpc) is 4.04. The summed E-state index contributed by atoms with van der Waals surface area (Å²) in [5.74, 6) is -1.45. The summed E-state index contributed by atoms with van der Waals surface area (Å²) in [6, 6.07) is 14.6. The minimum Gasteiger partial charge on any atom is -0.487 e. The molecule has 63 heavy (non-hydrogen) atoms. The monoisotopic (exact) mass is 897 g/mol. The van der Waals surface area contributed by atoms with E-state index >= 15 is 0 Å². The van der Waals surface area contributed by atoms with E-state index in [-0.39, 0.29) is 72.9 Å². The number of halogens is 2. The fourth-order valence-electron chi connectivity index (χ4n) is 8.21. The molecule has 0 bridgehead atoms. The smallest absolute Gasteiger partial charge is 0.255 e. The van der Waals surface area contributed by atoms with Gasteiger partial charge in [0.05, 0.1) is 35.8 Å². The van der Waals surface area contributed by atoms with E-state index in [1.165, 1.54) is 22.3 Å². The summed E-state index contributed by atoms with van der Waals surface area (Å²) >= 11 is 7.45. The van der Waals surface area contributed by atoms with Crippen molar-refractivity contribution in [3.8, 4) is 5.75 Å². The molecule has 5 N–H and O–H groups in total. The summed E-state index contributed by atoms with van der Waals surface area (Å²) in [4.78, 5) is 74.8. The highest BCUT2D eigenvalue weighted by atomic mass is 35.5. The van der Waals surface area contributed by atoms with Gasteiger partial charge in [0, 0.05) is 73.0 Å². The van der Waals surface area contributed by atoms with Crippen molar-refractivity contribution >= 4 is 69.1 Å². The molecule has 3 aliphatic rings. The van der Waals surface area contributed by atoms with Crippen molar-refractivity contribution in [2.24, 2.45) is 5.41 Å². The van der Waals surface area contributed by atoms with E-state index in [0.29, 0.717) is 85.2 Å². The van der Waals surface area contributed by atoms with Gasteiger partial charge in [-0.3, -0.25) is 34.0 Å². The fraction of sp³-hybridized carbons (Fsp3) is 0.372. The fourth-order valence-corrected chi connectivity index (χ4v) is 8.91. The van der Waals surface area contributed by atoms with Gasteiger partial charge in [-0.15, -0.1) is 16.4 Å². The minimum atomic E-state index is -0.820. The van der Waals surface area contributed by atoms with Crippen LogP contribution in [0.3, 0.4) is 0 Å². The number of aromatic nitrogens is 5. The number of ether oxygens (including phenoxy) is 1. The number of piperidine rings is 1. The molecule has 2 aliphatic heterocycles. The molecule has 20 heteroatoms. The number of imide groups is 1. The number of fused-ring (bicyclic) bond motifs is 1. The van der Waals surface area contributed by atoms with Gasteiger partial charge in [-0.2, -0.15) is 0 Å². The van der Waals surface area contributed by atoms with Crippen molar-refractivity contribution in [1.29, 1.82) is 0 Å². The first-order chi connectivity index (χ1) is 30.5. The van der Waals surface area contributed by atoms with Gasteiger partial charge < -0.3 is 30.9 Å². The molecule has 2 aromatic carbocycles. The number of carbonyl (C=O) groups excluding carboxylic acids is 5. The average molecular weight is 898 g/mol. The van der Waals surface area contributed by atoms with Crippen LogP contribution in [0, 0.1) is 11.2 Å². The van der Waals surface area contributed by atoms with E-state index in [2.05, 4.69) is 41.9 Å². The molecule has 0 spiro atoms. The lowest BCUT2D eigenvalue weighted by atomic mass is 9.69. The zero-order valence-electron chi connectivity index (χ0n) is 34.1. The van der Waals surface area contributed by atoms with Gasteiger partial charge in [0.2, 0.25) is 23.6 Å². The maximum atomic E-state index is 14.7. The van der Waals surface area contributed by atoms with E-state index in [4.69, 9.17) is 21.3 Å². The van der Waals surface area contributed by atoms with Gasteiger partial charge in [0.15, 0.2) is 16.7 Å². The summed E-state index contributed by atoms with van der Waals surface area (Å²) in [7, 11) is 0. The van der Waals surface area contributed by atoms with E-state index in [9.17, 15) is 28.4 Å². The van der Waals surface area contributed by atoms with Crippen LogP contribution in [0.15, 0.2) is 72.4 Å². The van der Waals surface area contributed by atoms with Gasteiger partial charge in [-0.25, -0.2) is 14.4 Å². The lowest BCUT2D eigenvalue weighted by Crippen LogP contribution is -2.52. The number of hydrogen-bond donors (Lipinski definition) is 5. The Kier molecular flexibility index (Phi) is 13.3. The van der Waals surface area contributed by atoms with Crippen LogP contribution < -0.4 is 31.3 Å². The number of nitrogens with zero attached hydrogens (tertiary/aromatic N) is 6. The van der Waals surface area contributed by atoms with Crippen LogP contribution in [0.25, 0.3) is 0 Å². The number of thiazole rings is 1. The van der Waals surface area contributed by atoms with Gasteiger partial charge in [-0.05, 0) is 68.5 Å². The predicted octanol–water partition coefficient (Wildman–Crippen LogP) is 4.91. The molecule has 328 valence electrons. The Morgan fingerprint density at radius 2 is 1.84 bits per heavy atom. The maximum Gasteiger partial charge on any atom is 0.255 e. The van der Waals surface area contributed by atoms with Gasteiger partial charge in [0.25, 0.3) is 5.91 Å². The molecule has 5 aromatic rings. The van der Waals surface area contributed by atoms with Crippen LogP contribution in [0.1, 0.15) is 72.3 Å². The number of hydrogen-bond acceptors (Lipinski definition) is 13. The Balaban J connectivity index is 0.814. The molecule has 1 atom stereocenters. The first-order valence-electron chi connectivity index (χ1n) is 20.7. The summed E-state index contributed by atoms with van der Waals surface area (Å²) in [5.41, 5.74) is 2.05. The summed E-state index contributed by atoms with van der Waals surface area (Å²) in [6.07, 6.45) is 6.10. The number of rotatable bonds is 17. The number of pyridine rings is 1. The molecule has 3 aromatic heterocycles. The lowest BCUT2D eigenvalue weighted by molar-refractivity contribution is -0.137. The molecule has 1 unspecified atom stereocenters. The van der Waals surface area contributed by atoms with Crippen LogP contribution in [0.2, 0.25) is 5.02 Å². The van der Waals surface area contributed by atoms with Crippen LogP contribution in [0.5, 0.6) is 5.75 Å². The highest BCUT2D eigenvalue weighted by Crippen LogP contribution is 2.41. The molecule has 17 nitrogen and oxygen atoms in total. The summed E-state index contributed by atoms with van der Waals surface area (Å²) in [6.45, 7) is 1.64. The predicted molar refractivity (Wildman–Crippen MR) is 231 cm³/mol. The molecule has 0 radical (unpaired) electrons. The van der Waals surface area contributed by atoms with Crippen LogP contribution in [-0.2, 0) is 45.2 Å². The first kappa shape index (κ1) is 43.3. The number of carbonyl (C=O) groups is 5. The molecule has 8 rings (SSSR count). The normalized spacial score (nSPS) is 19.7. The third kappa shape index (κ3) is 10.3. The highest BCUT2D eigenvalue weighted by molar-refractivity contribution is 7.13. The molecular formula is C43H45ClFN11O6S. The van der Waals surface area contributed by atoms with E-state index in [0.717, 1.165) is 5.69 Å². The minimum absolute atomic E-state index is 0.0141. The van der Waals surface area contributed by atoms with Crippen molar-refractivity contribution in [2.75, 3.05) is 23.7 Å². The van der Waals surface area contributed by atoms with Gasteiger partial charge in [-0.1, -0.05) is 35.0 Å². The second-order valence-corrected chi connectivity index (χ2v) is 17.0. The molecule has 1 aliphatic carbocycles. The molecular weight excluding hydrogens is 853 g/mol. The quantitative estimate of drug-likeness (QED) is 0.0622. The Labute approximate surface area is 370 Å². The molecule has 1 saturated carbocycles. The Morgan fingerprint density at radius 3 is 2.65 bits per heavy atom. The van der Waals surface area contributed by atoms with Crippen LogP contribution in [0.4, 0.5) is 21.0 Å². The van der Waals surface area contributed by atoms with Crippen molar-refractivity contribution < 1.29 is 33.1 Å². The van der Waals surface area contributed by atoms with Gasteiger partial charge in [0.1, 0.15) is 17.6 Å². The topological polar surface area (TPSA) is 214 Å². The first-order valence-corrected chi connectivity index (χ1v) is 22.0. The zero-order valence-corrected chi connectivity index (χ0v) is 35.6. The van der Waals surface area contributed by atoms with Gasteiger partial charge >= 0.3 is 0 Å². The third-order valence-corrected chi connectivity index (χ3v) is 12.5. The number of amides is 5. The maximum absolute atomic E-state index is 14.7. The third-order valence-electron chi connectivity index (χ3n) is 11.5. The highest BCUT2D eigenvalue weighted by Gasteiger charge is 2.43. The van der Waals surface area contributed by atoms with E-state index < -0.39 is 23.2 Å². The number of anilines is 3. The summed E-state index contributed by atoms with van der Waals surface area (Å²) in [5, 5.41) is 25.8. The van der Waals surface area contributed by atoms with E-state index in [1.807, 2.05) is 23.6 Å². The van der Waals surface area contributed by atoms with E-state index in [1.54, 1.807) is 47.4 Å². The Morgan fingerprint density at radius 1 is 1.02 bits per heavy atom. The number of benzene rings is 2. The number of nitrogens with one attached hydrogen (secondary N) is 5. The molecule has 5 heterocycles. The molecule has 1 saturated heterocycles. The van der Waals surface area contributed by atoms with Crippen molar-refractivity contribution in [3.63, 3.8) is 0 Å². The second-order valence-electron chi connectivity index (χ2n) is 15.7. The molecule has 5 amide bonds. The largest absolute Gasteiger partial charge is 0.487 e. The second kappa shape index (κ2) is 19.4.